The lowest BCUT2D eigenvalue weighted by molar-refractivity contribution is -0.138. The van der Waals surface area contributed by atoms with Crippen LogP contribution < -0.4 is 0 Å². The molecule has 0 N–H and O–H groups in total. The highest BCUT2D eigenvalue weighted by atomic mass is 35.5. The molecule has 0 fully saturated rings. The normalized spacial score (nSPS) is 13.7. The number of ether oxygens (including phenoxy) is 1. The van der Waals surface area contributed by atoms with Gasteiger partial charge < -0.3 is 4.74 Å². The van der Waals surface area contributed by atoms with Gasteiger partial charge in [0.25, 0.3) is 0 Å². The second-order valence-electron chi connectivity index (χ2n) is 5.64. The van der Waals surface area contributed by atoms with Crippen LogP contribution in [0.3, 0.4) is 0 Å². The number of fused-ring (bicyclic) bond motifs is 1. The predicted octanol–water partition coefficient (Wildman–Crippen LogP) is 4.85. The van der Waals surface area contributed by atoms with Gasteiger partial charge in [-0.15, -0.1) is 0 Å². The molecule has 1 aliphatic rings. The van der Waals surface area contributed by atoms with Crippen molar-refractivity contribution in [2.75, 3.05) is 6.61 Å². The highest BCUT2D eigenvalue weighted by Gasteiger charge is 2.24. The van der Waals surface area contributed by atoms with Crippen molar-refractivity contribution in [2.24, 2.45) is 0 Å². The van der Waals surface area contributed by atoms with E-state index in [9.17, 15) is 4.79 Å². The fourth-order valence-electron chi connectivity index (χ4n) is 3.07. The maximum Gasteiger partial charge on any atom is 0.334 e. The van der Waals surface area contributed by atoms with Gasteiger partial charge in [-0.2, -0.15) is 0 Å². The van der Waals surface area contributed by atoms with Crippen LogP contribution in [0.1, 0.15) is 30.0 Å². The van der Waals surface area contributed by atoms with Gasteiger partial charge in [-0.1, -0.05) is 48.0 Å². The number of carbonyl (C=O) groups is 1. The molecule has 1 aliphatic carbocycles. The smallest absolute Gasteiger partial charge is 0.334 e. The van der Waals surface area contributed by atoms with Crippen molar-refractivity contribution in [3.63, 3.8) is 0 Å². The van der Waals surface area contributed by atoms with Crippen molar-refractivity contribution >= 4 is 23.1 Å². The predicted molar refractivity (Wildman–Crippen MR) is 93.5 cm³/mol. The van der Waals surface area contributed by atoms with Crippen LogP contribution in [0.2, 0.25) is 5.02 Å². The summed E-state index contributed by atoms with van der Waals surface area (Å²) in [5.41, 5.74) is 5.32. The van der Waals surface area contributed by atoms with E-state index in [0.29, 0.717) is 18.1 Å². The Balaban J connectivity index is 2.08. The van der Waals surface area contributed by atoms with E-state index in [4.69, 9.17) is 16.3 Å². The van der Waals surface area contributed by atoms with Crippen LogP contribution in [0.25, 0.3) is 5.57 Å². The molecule has 0 heterocycles. The lowest BCUT2D eigenvalue weighted by atomic mass is 9.82. The van der Waals surface area contributed by atoms with Crippen molar-refractivity contribution in [2.45, 2.75) is 26.2 Å². The molecule has 0 saturated carbocycles. The summed E-state index contributed by atoms with van der Waals surface area (Å²) in [5.74, 6) is -0.205. The maximum atomic E-state index is 12.4. The van der Waals surface area contributed by atoms with E-state index in [0.717, 1.165) is 29.6 Å². The Morgan fingerprint density at radius 1 is 1.13 bits per heavy atom. The molecule has 0 aromatic heterocycles. The first kappa shape index (κ1) is 15.8. The van der Waals surface area contributed by atoms with Crippen LogP contribution in [-0.2, 0) is 22.4 Å². The van der Waals surface area contributed by atoms with E-state index in [2.05, 4.69) is 18.2 Å². The Hall–Kier alpha value is -2.06. The molecule has 0 saturated heterocycles. The molecule has 2 aromatic carbocycles. The molecule has 0 aliphatic heterocycles. The molecule has 2 aromatic rings. The summed E-state index contributed by atoms with van der Waals surface area (Å²) >= 11 is 6.19. The van der Waals surface area contributed by atoms with E-state index >= 15 is 0 Å². The Morgan fingerprint density at radius 3 is 2.65 bits per heavy atom. The molecule has 0 spiro atoms. The lowest BCUT2D eigenvalue weighted by Crippen LogP contribution is -2.16. The highest BCUT2D eigenvalue weighted by molar-refractivity contribution is 6.30. The number of hydrogen-bond donors (Lipinski definition) is 0. The van der Waals surface area contributed by atoms with Gasteiger partial charge in [0, 0.05) is 10.6 Å². The second-order valence-corrected chi connectivity index (χ2v) is 6.08. The third kappa shape index (κ3) is 3.48. The Bertz CT molecular complexity index is 747. The summed E-state index contributed by atoms with van der Waals surface area (Å²) in [4.78, 5) is 12.4. The van der Waals surface area contributed by atoms with Crippen molar-refractivity contribution in [3.8, 4) is 0 Å². The largest absolute Gasteiger partial charge is 0.463 e. The number of esters is 1. The molecule has 3 heteroatoms. The van der Waals surface area contributed by atoms with Gasteiger partial charge >= 0.3 is 5.97 Å². The van der Waals surface area contributed by atoms with Crippen LogP contribution >= 0.6 is 11.6 Å². The summed E-state index contributed by atoms with van der Waals surface area (Å²) in [6.07, 6.45) is 2.27. The minimum Gasteiger partial charge on any atom is -0.463 e. The summed E-state index contributed by atoms with van der Waals surface area (Å²) in [6.45, 7) is 2.23. The summed E-state index contributed by atoms with van der Waals surface area (Å²) in [7, 11) is 0. The minimum absolute atomic E-state index is 0.205. The third-order valence-electron chi connectivity index (χ3n) is 4.15. The minimum atomic E-state index is -0.205. The number of aryl methyl sites for hydroxylation is 1. The number of hydrogen-bond acceptors (Lipinski definition) is 2. The van der Waals surface area contributed by atoms with Gasteiger partial charge in [0.15, 0.2) is 0 Å². The average molecular weight is 327 g/mol. The zero-order valence-corrected chi connectivity index (χ0v) is 13.9. The Kier molecular flexibility index (Phi) is 4.82. The van der Waals surface area contributed by atoms with E-state index in [1.165, 1.54) is 11.1 Å². The molecule has 0 atom stereocenters. The zero-order valence-electron chi connectivity index (χ0n) is 13.1. The van der Waals surface area contributed by atoms with Crippen LogP contribution in [0.4, 0.5) is 0 Å². The molecule has 0 bridgehead atoms. The third-order valence-corrected chi connectivity index (χ3v) is 4.39. The van der Waals surface area contributed by atoms with Gasteiger partial charge in [-0.3, -0.25) is 0 Å². The van der Waals surface area contributed by atoms with Crippen molar-refractivity contribution in [3.05, 3.63) is 75.8 Å². The van der Waals surface area contributed by atoms with Crippen LogP contribution in [0.15, 0.2) is 54.1 Å². The monoisotopic (exact) mass is 326 g/mol. The molecule has 3 rings (SSSR count). The van der Waals surface area contributed by atoms with Gasteiger partial charge in [0.05, 0.1) is 6.61 Å². The van der Waals surface area contributed by atoms with Gasteiger partial charge in [0.2, 0.25) is 0 Å². The highest BCUT2D eigenvalue weighted by Crippen LogP contribution is 2.35. The Labute approximate surface area is 141 Å². The molecular formula is C20H19ClO2. The SMILES string of the molecule is CCOC(=O)C1=C(Cc2ccccc2)c2cc(Cl)ccc2CC1. The molecule has 2 nitrogen and oxygen atoms in total. The molecule has 0 amide bonds. The Morgan fingerprint density at radius 2 is 1.91 bits per heavy atom. The van der Waals surface area contributed by atoms with Crippen molar-refractivity contribution in [1.82, 2.24) is 0 Å². The summed E-state index contributed by atoms with van der Waals surface area (Å²) in [6, 6.07) is 16.1. The van der Waals surface area contributed by atoms with E-state index in [1.54, 1.807) is 0 Å². The molecule has 0 unspecified atom stereocenters. The molecule has 118 valence electrons. The topological polar surface area (TPSA) is 26.3 Å². The zero-order chi connectivity index (χ0) is 16.2. The number of allylic oxidation sites excluding steroid dienone is 1. The fourth-order valence-corrected chi connectivity index (χ4v) is 3.24. The number of carbonyl (C=O) groups excluding carboxylic acids is 1. The van der Waals surface area contributed by atoms with E-state index < -0.39 is 0 Å². The van der Waals surface area contributed by atoms with Gasteiger partial charge in [-0.05, 0) is 60.6 Å². The quantitative estimate of drug-likeness (QED) is 0.751. The van der Waals surface area contributed by atoms with E-state index in [-0.39, 0.29) is 5.97 Å². The molecule has 23 heavy (non-hydrogen) atoms. The first-order valence-corrected chi connectivity index (χ1v) is 8.28. The molecular weight excluding hydrogens is 308 g/mol. The first-order valence-electron chi connectivity index (χ1n) is 7.91. The fraction of sp³-hybridized carbons (Fsp3) is 0.250. The number of halogens is 1. The maximum absolute atomic E-state index is 12.4. The van der Waals surface area contributed by atoms with Crippen LogP contribution in [0.5, 0.6) is 0 Å². The number of benzene rings is 2. The van der Waals surface area contributed by atoms with Crippen LogP contribution in [-0.4, -0.2) is 12.6 Å². The number of rotatable bonds is 4. The second kappa shape index (κ2) is 7.01. The van der Waals surface area contributed by atoms with Crippen LogP contribution in [0, 0.1) is 0 Å². The lowest BCUT2D eigenvalue weighted by Gasteiger charge is -2.23. The summed E-state index contributed by atoms with van der Waals surface area (Å²) in [5, 5.41) is 0.694. The standard InChI is InChI=1S/C20H19ClO2/c1-2-23-20(22)17-11-9-15-8-10-16(21)13-18(15)19(17)12-14-6-4-3-5-7-14/h3-8,10,13H,2,9,11-12H2,1H3. The van der Waals surface area contributed by atoms with Gasteiger partial charge in [0.1, 0.15) is 0 Å². The van der Waals surface area contributed by atoms with Crippen molar-refractivity contribution in [1.29, 1.82) is 0 Å². The van der Waals surface area contributed by atoms with E-state index in [1.807, 2.05) is 37.3 Å². The average Bonchev–Trinajstić information content (AvgIpc) is 2.56. The van der Waals surface area contributed by atoms with Gasteiger partial charge in [-0.25, -0.2) is 4.79 Å². The van der Waals surface area contributed by atoms with Crippen molar-refractivity contribution < 1.29 is 9.53 Å². The summed E-state index contributed by atoms with van der Waals surface area (Å²) < 4.78 is 5.26. The molecule has 0 radical (unpaired) electrons. The first-order chi connectivity index (χ1) is 11.2.